The first-order chi connectivity index (χ1) is 7.74. The standard InChI is InChI=1S/C13H25N3/c1-15-6-2-3-13(9-15)16-11-4-5-12(16)8-10(14)7-11/h10-13H,2-9,14H2,1H3. The lowest BCUT2D eigenvalue weighted by molar-refractivity contribution is 0.0382. The molecule has 2 N–H and O–H groups in total. The number of hydrogen-bond acceptors (Lipinski definition) is 3. The van der Waals surface area contributed by atoms with Gasteiger partial charge in [0, 0.05) is 30.7 Å². The largest absolute Gasteiger partial charge is 0.328 e. The molecule has 3 aliphatic heterocycles. The summed E-state index contributed by atoms with van der Waals surface area (Å²) in [7, 11) is 2.27. The van der Waals surface area contributed by atoms with E-state index < -0.39 is 0 Å². The van der Waals surface area contributed by atoms with Crippen LogP contribution in [0.5, 0.6) is 0 Å². The lowest BCUT2D eigenvalue weighted by Crippen LogP contribution is -2.56. The topological polar surface area (TPSA) is 32.5 Å². The van der Waals surface area contributed by atoms with Gasteiger partial charge in [0.2, 0.25) is 0 Å². The molecule has 3 nitrogen and oxygen atoms in total. The number of rotatable bonds is 1. The fourth-order valence-electron chi connectivity index (χ4n) is 4.23. The molecule has 3 saturated heterocycles. The molecule has 3 rings (SSSR count). The second kappa shape index (κ2) is 4.28. The minimum absolute atomic E-state index is 0.482. The molecule has 0 aromatic rings. The highest BCUT2D eigenvalue weighted by Gasteiger charge is 2.43. The van der Waals surface area contributed by atoms with E-state index in [0.717, 1.165) is 18.1 Å². The van der Waals surface area contributed by atoms with Gasteiger partial charge in [-0.1, -0.05) is 0 Å². The van der Waals surface area contributed by atoms with Crippen LogP contribution in [0.25, 0.3) is 0 Å². The summed E-state index contributed by atoms with van der Waals surface area (Å²) in [5.74, 6) is 0. The number of hydrogen-bond donors (Lipinski definition) is 1. The van der Waals surface area contributed by atoms with E-state index in [9.17, 15) is 0 Å². The van der Waals surface area contributed by atoms with Crippen LogP contribution in [0.3, 0.4) is 0 Å². The molecule has 0 aromatic heterocycles. The van der Waals surface area contributed by atoms with E-state index in [-0.39, 0.29) is 0 Å². The highest BCUT2D eigenvalue weighted by molar-refractivity contribution is 5.00. The van der Waals surface area contributed by atoms with Gasteiger partial charge in [0.05, 0.1) is 0 Å². The van der Waals surface area contributed by atoms with Crippen molar-refractivity contribution >= 4 is 0 Å². The van der Waals surface area contributed by atoms with Gasteiger partial charge in [-0.2, -0.15) is 0 Å². The van der Waals surface area contributed by atoms with Gasteiger partial charge in [-0.15, -0.1) is 0 Å². The summed E-state index contributed by atoms with van der Waals surface area (Å²) in [5.41, 5.74) is 6.14. The first kappa shape index (κ1) is 11.0. The molecule has 92 valence electrons. The van der Waals surface area contributed by atoms with Crippen LogP contribution in [0, 0.1) is 0 Å². The molecule has 0 saturated carbocycles. The lowest BCUT2D eigenvalue weighted by Gasteiger charge is -2.45. The number of nitrogens with zero attached hydrogens (tertiary/aromatic N) is 2. The van der Waals surface area contributed by atoms with Crippen molar-refractivity contribution in [2.45, 2.75) is 62.7 Å². The van der Waals surface area contributed by atoms with Crippen molar-refractivity contribution in [3.63, 3.8) is 0 Å². The highest BCUT2D eigenvalue weighted by atomic mass is 15.3. The Morgan fingerprint density at radius 1 is 1.00 bits per heavy atom. The van der Waals surface area contributed by atoms with Gasteiger partial charge in [-0.3, -0.25) is 4.90 Å². The Balaban J connectivity index is 1.70. The van der Waals surface area contributed by atoms with Gasteiger partial charge in [-0.25, -0.2) is 0 Å². The molecule has 0 aliphatic carbocycles. The second-order valence-corrected chi connectivity index (χ2v) is 6.12. The van der Waals surface area contributed by atoms with Crippen molar-refractivity contribution in [1.29, 1.82) is 0 Å². The zero-order valence-electron chi connectivity index (χ0n) is 10.4. The smallest absolute Gasteiger partial charge is 0.0229 e. The fourth-order valence-corrected chi connectivity index (χ4v) is 4.23. The summed E-state index contributed by atoms with van der Waals surface area (Å²) >= 11 is 0. The maximum Gasteiger partial charge on any atom is 0.0229 e. The van der Waals surface area contributed by atoms with Gasteiger partial charge in [0.25, 0.3) is 0 Å². The molecular weight excluding hydrogens is 198 g/mol. The molecule has 3 fully saturated rings. The number of fused-ring (bicyclic) bond motifs is 2. The van der Waals surface area contributed by atoms with Crippen molar-refractivity contribution in [1.82, 2.24) is 9.80 Å². The first-order valence-electron chi connectivity index (χ1n) is 6.95. The summed E-state index contributed by atoms with van der Waals surface area (Å²) in [5, 5.41) is 0. The van der Waals surface area contributed by atoms with Crippen molar-refractivity contribution in [2.24, 2.45) is 5.73 Å². The van der Waals surface area contributed by atoms with Crippen LogP contribution >= 0.6 is 0 Å². The minimum atomic E-state index is 0.482. The normalized spacial score (nSPS) is 46.1. The van der Waals surface area contributed by atoms with Crippen LogP contribution in [-0.2, 0) is 0 Å². The Morgan fingerprint density at radius 3 is 2.31 bits per heavy atom. The molecule has 3 unspecified atom stereocenters. The lowest BCUT2D eigenvalue weighted by atomic mass is 9.93. The Labute approximate surface area is 99.0 Å². The summed E-state index contributed by atoms with van der Waals surface area (Å²) in [6.45, 7) is 2.57. The Kier molecular flexibility index (Phi) is 2.94. The van der Waals surface area contributed by atoms with Crippen LogP contribution in [0.4, 0.5) is 0 Å². The molecule has 16 heavy (non-hydrogen) atoms. The van der Waals surface area contributed by atoms with E-state index in [0.29, 0.717) is 6.04 Å². The molecule has 0 spiro atoms. The average molecular weight is 223 g/mol. The molecule has 0 aromatic carbocycles. The van der Waals surface area contributed by atoms with E-state index in [1.54, 1.807) is 0 Å². The van der Waals surface area contributed by atoms with Crippen molar-refractivity contribution < 1.29 is 0 Å². The first-order valence-corrected chi connectivity index (χ1v) is 6.95. The third-order valence-corrected chi connectivity index (χ3v) is 4.85. The second-order valence-electron chi connectivity index (χ2n) is 6.12. The fraction of sp³-hybridized carbons (Fsp3) is 1.00. The molecule has 3 atom stereocenters. The zero-order valence-corrected chi connectivity index (χ0v) is 10.4. The SMILES string of the molecule is CN1CCCC(N2C3CCC2CC(N)C3)C1. The van der Waals surface area contributed by atoms with Crippen LogP contribution in [0.2, 0.25) is 0 Å². The molecule has 0 amide bonds. The summed E-state index contributed by atoms with van der Waals surface area (Å²) in [6.07, 6.45) is 8.08. The van der Waals surface area contributed by atoms with Gasteiger partial charge < -0.3 is 10.6 Å². The van der Waals surface area contributed by atoms with Crippen molar-refractivity contribution in [3.05, 3.63) is 0 Å². The third kappa shape index (κ3) is 1.89. The minimum Gasteiger partial charge on any atom is -0.328 e. The maximum absolute atomic E-state index is 6.14. The van der Waals surface area contributed by atoms with Gasteiger partial charge in [0.15, 0.2) is 0 Å². The summed E-state index contributed by atoms with van der Waals surface area (Å²) < 4.78 is 0. The van der Waals surface area contributed by atoms with Gasteiger partial charge in [0.1, 0.15) is 0 Å². The van der Waals surface area contributed by atoms with Crippen LogP contribution < -0.4 is 5.73 Å². The predicted molar refractivity (Wildman–Crippen MR) is 66.4 cm³/mol. The monoisotopic (exact) mass is 223 g/mol. The molecular formula is C13H25N3. The van der Waals surface area contributed by atoms with E-state index in [2.05, 4.69) is 16.8 Å². The number of nitrogens with two attached hydrogens (primary N) is 1. The van der Waals surface area contributed by atoms with Crippen LogP contribution in [0.1, 0.15) is 38.5 Å². The summed E-state index contributed by atoms with van der Waals surface area (Å²) in [4.78, 5) is 5.35. The van der Waals surface area contributed by atoms with E-state index >= 15 is 0 Å². The van der Waals surface area contributed by atoms with E-state index in [1.807, 2.05) is 0 Å². The molecule has 3 heterocycles. The quantitative estimate of drug-likeness (QED) is 0.721. The number of likely N-dealkylation sites (tertiary alicyclic amines) is 1. The Morgan fingerprint density at radius 2 is 1.69 bits per heavy atom. The van der Waals surface area contributed by atoms with Crippen LogP contribution in [-0.4, -0.2) is 54.1 Å². The highest BCUT2D eigenvalue weighted by Crippen LogP contribution is 2.38. The molecule has 2 bridgehead atoms. The average Bonchev–Trinajstić information content (AvgIpc) is 2.51. The van der Waals surface area contributed by atoms with E-state index in [4.69, 9.17) is 5.73 Å². The van der Waals surface area contributed by atoms with Gasteiger partial charge >= 0.3 is 0 Å². The number of piperidine rings is 2. The van der Waals surface area contributed by atoms with Crippen molar-refractivity contribution in [2.75, 3.05) is 20.1 Å². The van der Waals surface area contributed by atoms with E-state index in [1.165, 1.54) is 51.6 Å². The molecule has 3 aliphatic rings. The Hall–Kier alpha value is -0.120. The zero-order chi connectivity index (χ0) is 11.1. The Bertz CT molecular complexity index is 242. The number of likely N-dealkylation sites (N-methyl/N-ethyl adjacent to an activating group) is 1. The predicted octanol–water partition coefficient (Wildman–Crippen LogP) is 1.03. The van der Waals surface area contributed by atoms with Gasteiger partial charge in [-0.05, 0) is 52.1 Å². The summed E-state index contributed by atoms with van der Waals surface area (Å²) in [6, 6.07) is 2.93. The molecule has 0 radical (unpaired) electrons. The maximum atomic E-state index is 6.14. The van der Waals surface area contributed by atoms with Crippen molar-refractivity contribution in [3.8, 4) is 0 Å². The molecule has 3 heteroatoms. The third-order valence-electron chi connectivity index (χ3n) is 4.85. The van der Waals surface area contributed by atoms with Crippen LogP contribution in [0.15, 0.2) is 0 Å².